The van der Waals surface area contributed by atoms with Crippen LogP contribution in [0.25, 0.3) is 0 Å². The van der Waals surface area contributed by atoms with Crippen LogP contribution in [0.5, 0.6) is 0 Å². The van der Waals surface area contributed by atoms with E-state index >= 15 is 0 Å². The predicted molar refractivity (Wildman–Crippen MR) is 84.8 cm³/mol. The summed E-state index contributed by atoms with van der Waals surface area (Å²) in [6.07, 6.45) is 6.61. The van der Waals surface area contributed by atoms with Gasteiger partial charge in [-0.2, -0.15) is 0 Å². The van der Waals surface area contributed by atoms with Crippen molar-refractivity contribution in [2.24, 2.45) is 11.7 Å². The molecule has 0 aromatic rings. The summed E-state index contributed by atoms with van der Waals surface area (Å²) < 4.78 is 25.0. The van der Waals surface area contributed by atoms with Gasteiger partial charge < -0.3 is 10.6 Å². The van der Waals surface area contributed by atoms with E-state index in [0.29, 0.717) is 6.54 Å². The molecular formula is C13H26ClN3O3S. The number of carbonyl (C=O) groups excluding carboxylic acids is 1. The summed E-state index contributed by atoms with van der Waals surface area (Å²) in [7, 11) is -3.21. The first kappa shape index (κ1) is 18.7. The van der Waals surface area contributed by atoms with Crippen LogP contribution >= 0.6 is 12.4 Å². The minimum atomic E-state index is -3.21. The van der Waals surface area contributed by atoms with Crippen LogP contribution in [0, 0.1) is 5.92 Å². The first-order valence-electron chi connectivity index (χ1n) is 7.37. The van der Waals surface area contributed by atoms with Gasteiger partial charge in [0, 0.05) is 31.1 Å². The molecule has 1 saturated heterocycles. The van der Waals surface area contributed by atoms with Crippen LogP contribution in [-0.4, -0.2) is 50.7 Å². The lowest BCUT2D eigenvalue weighted by molar-refractivity contribution is -0.139. The fourth-order valence-corrected chi connectivity index (χ4v) is 3.72. The fourth-order valence-electron chi connectivity index (χ4n) is 3.23. The van der Waals surface area contributed by atoms with Gasteiger partial charge in [-0.15, -0.1) is 12.4 Å². The van der Waals surface area contributed by atoms with Gasteiger partial charge >= 0.3 is 0 Å². The zero-order chi connectivity index (χ0) is 14.8. The molecule has 0 spiro atoms. The number of rotatable bonds is 4. The van der Waals surface area contributed by atoms with E-state index in [4.69, 9.17) is 5.73 Å². The van der Waals surface area contributed by atoms with E-state index in [1.54, 1.807) is 0 Å². The molecule has 124 valence electrons. The van der Waals surface area contributed by atoms with Gasteiger partial charge in [0.05, 0.1) is 6.26 Å². The number of hydrogen-bond acceptors (Lipinski definition) is 4. The topological polar surface area (TPSA) is 92.5 Å². The molecule has 1 aliphatic carbocycles. The maximum atomic E-state index is 12.6. The molecule has 8 heteroatoms. The van der Waals surface area contributed by atoms with E-state index < -0.39 is 10.0 Å². The van der Waals surface area contributed by atoms with Crippen LogP contribution in [0.3, 0.4) is 0 Å². The second-order valence-corrected chi connectivity index (χ2v) is 7.90. The highest BCUT2D eigenvalue weighted by molar-refractivity contribution is 7.88. The average Bonchev–Trinajstić information content (AvgIpc) is 2.82. The molecule has 3 unspecified atom stereocenters. The highest BCUT2D eigenvalue weighted by atomic mass is 35.5. The third-order valence-corrected chi connectivity index (χ3v) is 5.00. The summed E-state index contributed by atoms with van der Waals surface area (Å²) >= 11 is 0. The minimum Gasteiger partial charge on any atom is -0.338 e. The summed E-state index contributed by atoms with van der Waals surface area (Å²) in [6, 6.07) is 0.129. The average molecular weight is 340 g/mol. The quantitative estimate of drug-likeness (QED) is 0.778. The Balaban J connectivity index is 0.00000220. The first-order valence-corrected chi connectivity index (χ1v) is 9.26. The SMILES string of the molecule is CS(=O)(=O)NCC1CCCCN1C(=O)C1CCC(N)C1.Cl. The number of carbonyl (C=O) groups is 1. The van der Waals surface area contributed by atoms with Gasteiger partial charge in [-0.1, -0.05) is 0 Å². The van der Waals surface area contributed by atoms with Crippen molar-refractivity contribution in [3.8, 4) is 0 Å². The normalized spacial score (nSPS) is 30.0. The predicted octanol–water partition coefficient (Wildman–Crippen LogP) is 0.466. The number of halogens is 1. The Bertz CT molecular complexity index is 458. The Labute approximate surface area is 133 Å². The molecule has 6 nitrogen and oxygen atoms in total. The van der Waals surface area contributed by atoms with Crippen LogP contribution in [0.2, 0.25) is 0 Å². The van der Waals surface area contributed by atoms with E-state index in [-0.39, 0.29) is 36.3 Å². The Hall–Kier alpha value is -0.370. The highest BCUT2D eigenvalue weighted by Crippen LogP contribution is 2.28. The zero-order valence-corrected chi connectivity index (χ0v) is 14.1. The molecule has 1 saturated carbocycles. The third kappa shape index (κ3) is 5.39. The van der Waals surface area contributed by atoms with E-state index in [0.717, 1.165) is 51.3 Å². The van der Waals surface area contributed by atoms with Crippen molar-refractivity contribution in [1.29, 1.82) is 0 Å². The molecule has 2 aliphatic rings. The number of hydrogen-bond donors (Lipinski definition) is 2. The largest absolute Gasteiger partial charge is 0.338 e. The van der Waals surface area contributed by atoms with Crippen molar-refractivity contribution in [1.82, 2.24) is 9.62 Å². The second-order valence-electron chi connectivity index (χ2n) is 6.07. The Kier molecular flexibility index (Phi) is 6.90. The Morgan fingerprint density at radius 3 is 2.57 bits per heavy atom. The molecule has 2 fully saturated rings. The number of nitrogens with zero attached hydrogens (tertiary/aromatic N) is 1. The molecular weight excluding hydrogens is 314 g/mol. The zero-order valence-electron chi connectivity index (χ0n) is 12.5. The van der Waals surface area contributed by atoms with Crippen LogP contribution in [0.15, 0.2) is 0 Å². The van der Waals surface area contributed by atoms with Crippen molar-refractivity contribution in [2.75, 3.05) is 19.3 Å². The number of piperidine rings is 1. The van der Waals surface area contributed by atoms with Crippen molar-refractivity contribution in [3.05, 3.63) is 0 Å². The van der Waals surface area contributed by atoms with Gasteiger partial charge in [0.2, 0.25) is 15.9 Å². The summed E-state index contributed by atoms with van der Waals surface area (Å²) in [5.74, 6) is 0.196. The lowest BCUT2D eigenvalue weighted by atomic mass is 9.98. The molecule has 3 N–H and O–H groups in total. The van der Waals surface area contributed by atoms with Crippen molar-refractivity contribution in [3.63, 3.8) is 0 Å². The van der Waals surface area contributed by atoms with Gasteiger partial charge in [-0.25, -0.2) is 13.1 Å². The smallest absolute Gasteiger partial charge is 0.226 e. The van der Waals surface area contributed by atoms with Crippen LogP contribution in [-0.2, 0) is 14.8 Å². The van der Waals surface area contributed by atoms with Crippen molar-refractivity contribution in [2.45, 2.75) is 50.6 Å². The second kappa shape index (κ2) is 7.76. The molecule has 0 radical (unpaired) electrons. The number of sulfonamides is 1. The summed E-state index contributed by atoms with van der Waals surface area (Å²) in [5, 5.41) is 0. The highest BCUT2D eigenvalue weighted by Gasteiger charge is 2.35. The minimum absolute atomic E-state index is 0. The molecule has 3 atom stereocenters. The summed E-state index contributed by atoms with van der Waals surface area (Å²) in [5.41, 5.74) is 5.88. The van der Waals surface area contributed by atoms with Gasteiger partial charge in [0.15, 0.2) is 0 Å². The maximum absolute atomic E-state index is 12.6. The van der Waals surface area contributed by atoms with Gasteiger partial charge in [-0.3, -0.25) is 4.79 Å². The van der Waals surface area contributed by atoms with E-state index in [1.165, 1.54) is 0 Å². The van der Waals surface area contributed by atoms with Gasteiger partial charge in [0.25, 0.3) is 0 Å². The number of likely N-dealkylation sites (tertiary alicyclic amines) is 1. The molecule has 1 aliphatic heterocycles. The molecule has 21 heavy (non-hydrogen) atoms. The van der Waals surface area contributed by atoms with E-state index in [1.807, 2.05) is 4.90 Å². The van der Waals surface area contributed by atoms with Crippen molar-refractivity contribution >= 4 is 28.3 Å². The standard InChI is InChI=1S/C13H25N3O3S.ClH/c1-20(18,19)15-9-12-4-2-3-7-16(12)13(17)10-5-6-11(14)8-10;/h10-12,15H,2-9,14H2,1H3;1H. The molecule has 1 heterocycles. The van der Waals surface area contributed by atoms with Gasteiger partial charge in [-0.05, 0) is 38.5 Å². The lowest BCUT2D eigenvalue weighted by Gasteiger charge is -2.37. The molecule has 1 amide bonds. The summed E-state index contributed by atoms with van der Waals surface area (Å²) in [4.78, 5) is 14.5. The molecule has 0 aromatic carbocycles. The van der Waals surface area contributed by atoms with Crippen LogP contribution < -0.4 is 10.5 Å². The lowest BCUT2D eigenvalue weighted by Crippen LogP contribution is -2.51. The molecule has 0 aromatic heterocycles. The van der Waals surface area contributed by atoms with Crippen molar-refractivity contribution < 1.29 is 13.2 Å². The Morgan fingerprint density at radius 1 is 1.29 bits per heavy atom. The number of nitrogens with one attached hydrogen (secondary N) is 1. The molecule has 2 rings (SSSR count). The van der Waals surface area contributed by atoms with Crippen LogP contribution in [0.1, 0.15) is 38.5 Å². The monoisotopic (exact) mass is 339 g/mol. The maximum Gasteiger partial charge on any atom is 0.226 e. The first-order chi connectivity index (χ1) is 9.37. The number of nitrogens with two attached hydrogens (primary N) is 1. The molecule has 0 bridgehead atoms. The fraction of sp³-hybridized carbons (Fsp3) is 0.923. The van der Waals surface area contributed by atoms with E-state index in [9.17, 15) is 13.2 Å². The van der Waals surface area contributed by atoms with Gasteiger partial charge in [0.1, 0.15) is 0 Å². The van der Waals surface area contributed by atoms with Crippen LogP contribution in [0.4, 0.5) is 0 Å². The Morgan fingerprint density at radius 2 is 2.00 bits per heavy atom. The number of amides is 1. The van der Waals surface area contributed by atoms with E-state index in [2.05, 4.69) is 4.72 Å². The summed E-state index contributed by atoms with van der Waals surface area (Å²) in [6.45, 7) is 1.06. The third-order valence-electron chi connectivity index (χ3n) is 4.31.